The van der Waals surface area contributed by atoms with Crippen LogP contribution in [0.4, 0.5) is 0 Å². The van der Waals surface area contributed by atoms with E-state index in [1.165, 1.54) is 11.1 Å². The van der Waals surface area contributed by atoms with Crippen molar-refractivity contribution >= 4 is 0 Å². The Bertz CT molecular complexity index is 680. The number of hydrogen-bond acceptors (Lipinski definition) is 3. The molecule has 0 aromatic heterocycles. The Morgan fingerprint density at radius 1 is 0.783 bits per heavy atom. The Labute approximate surface area is 136 Å². The van der Waals surface area contributed by atoms with E-state index < -0.39 is 0 Å². The highest BCUT2D eigenvalue weighted by Crippen LogP contribution is 2.45. The molecular formula is C20H20N2O. The predicted octanol–water partition coefficient (Wildman–Crippen LogP) is 3.09. The smallest absolute Gasteiger partial charge is 0.108 e. The monoisotopic (exact) mass is 304 g/mol. The van der Waals surface area contributed by atoms with E-state index in [1.807, 2.05) is 0 Å². The zero-order valence-electron chi connectivity index (χ0n) is 12.9. The molecule has 0 unspecified atom stereocenters. The summed E-state index contributed by atoms with van der Waals surface area (Å²) < 4.78 is 6.04. The summed E-state index contributed by atoms with van der Waals surface area (Å²) in [7, 11) is 0. The van der Waals surface area contributed by atoms with E-state index in [0.717, 1.165) is 6.42 Å². The molecular weight excluding hydrogens is 284 g/mol. The standard InChI is InChI=1S/C20H20N2O/c1-3-7-14(8-4-1)18-19(15-9-5-2-6-10-15)22-20(21-18)13-16-11-12-17(20)23-16/h1-12,16-19,21-22H,13H2/t16-,17+,18+,19+/m0/s1. The lowest BCUT2D eigenvalue weighted by molar-refractivity contribution is 0.0906. The molecule has 3 aliphatic heterocycles. The summed E-state index contributed by atoms with van der Waals surface area (Å²) in [4.78, 5) is 0. The molecule has 2 bridgehead atoms. The summed E-state index contributed by atoms with van der Waals surface area (Å²) in [5, 5.41) is 7.75. The van der Waals surface area contributed by atoms with Gasteiger partial charge >= 0.3 is 0 Å². The molecule has 0 amide bonds. The first-order chi connectivity index (χ1) is 11.3. The van der Waals surface area contributed by atoms with Gasteiger partial charge in [-0.3, -0.25) is 10.6 Å². The maximum Gasteiger partial charge on any atom is 0.108 e. The van der Waals surface area contributed by atoms with Crippen molar-refractivity contribution in [2.75, 3.05) is 0 Å². The first-order valence-electron chi connectivity index (χ1n) is 8.33. The molecule has 0 radical (unpaired) electrons. The second-order valence-electron chi connectivity index (χ2n) is 6.72. The third-order valence-electron chi connectivity index (χ3n) is 5.31. The van der Waals surface area contributed by atoms with Crippen LogP contribution >= 0.6 is 0 Å². The number of fused-ring (bicyclic) bond motifs is 3. The van der Waals surface area contributed by atoms with Gasteiger partial charge in [-0.05, 0) is 11.1 Å². The normalized spacial score (nSPS) is 33.6. The summed E-state index contributed by atoms with van der Waals surface area (Å²) in [5.74, 6) is 0. The zero-order chi connectivity index (χ0) is 15.3. The van der Waals surface area contributed by atoms with Crippen LogP contribution < -0.4 is 10.6 Å². The lowest BCUT2D eigenvalue weighted by Crippen LogP contribution is -2.55. The van der Waals surface area contributed by atoms with Gasteiger partial charge in [0, 0.05) is 6.42 Å². The largest absolute Gasteiger partial charge is 0.363 e. The molecule has 0 aliphatic carbocycles. The SMILES string of the molecule is C1=C[C@H]2O[C@@H]1CC21N[C@H](c2ccccc2)[C@@H](c2ccccc2)N1. The number of hydrogen-bond donors (Lipinski definition) is 2. The van der Waals surface area contributed by atoms with Gasteiger partial charge < -0.3 is 4.74 Å². The molecule has 23 heavy (non-hydrogen) atoms. The minimum Gasteiger partial charge on any atom is -0.363 e. The van der Waals surface area contributed by atoms with Crippen molar-refractivity contribution in [3.8, 4) is 0 Å². The fourth-order valence-corrected chi connectivity index (χ4v) is 4.25. The Kier molecular flexibility index (Phi) is 2.95. The van der Waals surface area contributed by atoms with E-state index in [0.29, 0.717) is 0 Å². The van der Waals surface area contributed by atoms with E-state index >= 15 is 0 Å². The second-order valence-corrected chi connectivity index (χ2v) is 6.72. The molecule has 2 aromatic carbocycles. The van der Waals surface area contributed by atoms with Crippen LogP contribution in [0.3, 0.4) is 0 Å². The first-order valence-corrected chi connectivity index (χ1v) is 8.33. The summed E-state index contributed by atoms with van der Waals surface area (Å²) in [5.41, 5.74) is 2.48. The van der Waals surface area contributed by atoms with Crippen molar-refractivity contribution < 1.29 is 4.74 Å². The van der Waals surface area contributed by atoms with Crippen LogP contribution in [0.25, 0.3) is 0 Å². The first kappa shape index (κ1) is 13.5. The molecule has 3 heteroatoms. The number of benzene rings is 2. The van der Waals surface area contributed by atoms with E-state index in [4.69, 9.17) is 4.74 Å². The highest BCUT2D eigenvalue weighted by atomic mass is 16.5. The molecule has 3 heterocycles. The molecule has 0 saturated carbocycles. The lowest BCUT2D eigenvalue weighted by atomic mass is 9.95. The Balaban J connectivity index is 1.56. The van der Waals surface area contributed by atoms with Crippen molar-refractivity contribution in [3.63, 3.8) is 0 Å². The average Bonchev–Trinajstić information content (AvgIpc) is 3.31. The Morgan fingerprint density at radius 3 is 1.78 bits per heavy atom. The minimum absolute atomic E-state index is 0.118. The molecule has 2 fully saturated rings. The number of nitrogens with one attached hydrogen (secondary N) is 2. The van der Waals surface area contributed by atoms with Crippen molar-refractivity contribution in [1.82, 2.24) is 10.6 Å². The minimum atomic E-state index is -0.152. The van der Waals surface area contributed by atoms with E-state index in [2.05, 4.69) is 83.4 Å². The molecule has 1 spiro atoms. The second kappa shape index (κ2) is 5.03. The highest BCUT2D eigenvalue weighted by molar-refractivity contribution is 5.34. The Morgan fingerprint density at radius 2 is 1.35 bits per heavy atom. The molecule has 4 atom stereocenters. The summed E-state index contributed by atoms with van der Waals surface area (Å²) in [6.07, 6.45) is 5.73. The van der Waals surface area contributed by atoms with Crippen LogP contribution in [0.1, 0.15) is 29.6 Å². The van der Waals surface area contributed by atoms with Crippen molar-refractivity contribution in [2.45, 2.75) is 36.4 Å². The van der Waals surface area contributed by atoms with Gasteiger partial charge in [-0.15, -0.1) is 0 Å². The van der Waals surface area contributed by atoms with Crippen LogP contribution in [-0.2, 0) is 4.74 Å². The maximum absolute atomic E-state index is 6.04. The average molecular weight is 304 g/mol. The van der Waals surface area contributed by atoms with Gasteiger partial charge in [-0.1, -0.05) is 72.8 Å². The van der Waals surface area contributed by atoms with Gasteiger partial charge in [0.15, 0.2) is 0 Å². The third kappa shape index (κ3) is 2.08. The molecule has 5 rings (SSSR count). The van der Waals surface area contributed by atoms with Crippen molar-refractivity contribution in [1.29, 1.82) is 0 Å². The fraction of sp³-hybridized carbons (Fsp3) is 0.300. The molecule has 116 valence electrons. The van der Waals surface area contributed by atoms with E-state index in [-0.39, 0.29) is 30.0 Å². The third-order valence-corrected chi connectivity index (χ3v) is 5.31. The van der Waals surface area contributed by atoms with Gasteiger partial charge in [-0.2, -0.15) is 0 Å². The van der Waals surface area contributed by atoms with Gasteiger partial charge in [-0.25, -0.2) is 0 Å². The van der Waals surface area contributed by atoms with Crippen LogP contribution in [0.2, 0.25) is 0 Å². The fourth-order valence-electron chi connectivity index (χ4n) is 4.25. The summed E-state index contributed by atoms with van der Waals surface area (Å²) in [6, 6.07) is 21.9. The van der Waals surface area contributed by atoms with E-state index in [1.54, 1.807) is 0 Å². The number of ether oxygens (including phenoxy) is 1. The van der Waals surface area contributed by atoms with Gasteiger partial charge in [0.2, 0.25) is 0 Å². The van der Waals surface area contributed by atoms with Crippen molar-refractivity contribution in [3.05, 3.63) is 83.9 Å². The molecule has 2 N–H and O–H groups in total. The maximum atomic E-state index is 6.04. The quantitative estimate of drug-likeness (QED) is 0.837. The highest BCUT2D eigenvalue weighted by Gasteiger charge is 2.56. The van der Waals surface area contributed by atoms with Crippen molar-refractivity contribution in [2.24, 2.45) is 0 Å². The van der Waals surface area contributed by atoms with Crippen LogP contribution in [0.5, 0.6) is 0 Å². The van der Waals surface area contributed by atoms with E-state index in [9.17, 15) is 0 Å². The van der Waals surface area contributed by atoms with Gasteiger partial charge in [0.25, 0.3) is 0 Å². The molecule has 3 aliphatic rings. The lowest BCUT2D eigenvalue weighted by Gasteiger charge is -2.30. The molecule has 2 saturated heterocycles. The Hall–Kier alpha value is -1.94. The van der Waals surface area contributed by atoms with Crippen LogP contribution in [-0.4, -0.2) is 17.9 Å². The molecule has 2 aromatic rings. The topological polar surface area (TPSA) is 33.3 Å². The molecule has 3 nitrogen and oxygen atoms in total. The number of rotatable bonds is 2. The zero-order valence-corrected chi connectivity index (χ0v) is 12.9. The summed E-state index contributed by atoms with van der Waals surface area (Å²) in [6.45, 7) is 0. The van der Waals surface area contributed by atoms with Crippen LogP contribution in [0, 0.1) is 0 Å². The van der Waals surface area contributed by atoms with Gasteiger partial charge in [0.1, 0.15) is 11.8 Å². The summed E-state index contributed by atoms with van der Waals surface area (Å²) >= 11 is 0. The van der Waals surface area contributed by atoms with Gasteiger partial charge in [0.05, 0.1) is 18.2 Å². The van der Waals surface area contributed by atoms with Crippen LogP contribution in [0.15, 0.2) is 72.8 Å². The predicted molar refractivity (Wildman–Crippen MR) is 89.8 cm³/mol.